The molecule has 4 rings (SSSR count). The molecule has 1 aromatic carbocycles. The van der Waals surface area contributed by atoms with Crippen LogP contribution in [0.2, 0.25) is 0 Å². The Labute approximate surface area is 191 Å². The van der Waals surface area contributed by atoms with Crippen LogP contribution in [0.15, 0.2) is 12.1 Å². The monoisotopic (exact) mass is 452 g/mol. The summed E-state index contributed by atoms with van der Waals surface area (Å²) in [7, 11) is 0. The maximum Gasteiger partial charge on any atom is 0.419 e. The van der Waals surface area contributed by atoms with Crippen LogP contribution < -0.4 is 0 Å². The SMILES string of the molecule is CCCCCCCC1CCC2CC(C3CCc4c(ccc(C(F)(F)F)c4F)C3)CCC2C1. The fourth-order valence-corrected chi connectivity index (χ4v) is 7.21. The van der Waals surface area contributed by atoms with Crippen LogP contribution in [0.5, 0.6) is 0 Å². The average molecular weight is 453 g/mol. The lowest BCUT2D eigenvalue weighted by atomic mass is 9.60. The molecule has 3 aliphatic rings. The number of fused-ring (bicyclic) bond motifs is 2. The molecule has 0 aliphatic heterocycles. The number of hydrogen-bond donors (Lipinski definition) is 0. The molecule has 32 heavy (non-hydrogen) atoms. The molecule has 180 valence electrons. The van der Waals surface area contributed by atoms with Gasteiger partial charge < -0.3 is 0 Å². The summed E-state index contributed by atoms with van der Waals surface area (Å²) in [6.07, 6.45) is 13.8. The van der Waals surface area contributed by atoms with Crippen molar-refractivity contribution in [3.8, 4) is 0 Å². The van der Waals surface area contributed by atoms with Crippen molar-refractivity contribution in [2.75, 3.05) is 0 Å². The van der Waals surface area contributed by atoms with Gasteiger partial charge in [0.15, 0.2) is 0 Å². The highest BCUT2D eigenvalue weighted by atomic mass is 19.4. The first-order valence-corrected chi connectivity index (χ1v) is 13.2. The predicted octanol–water partition coefficient (Wildman–Crippen LogP) is 9.14. The van der Waals surface area contributed by atoms with Crippen molar-refractivity contribution >= 4 is 0 Å². The molecule has 1 aromatic rings. The van der Waals surface area contributed by atoms with Crippen LogP contribution in [0.4, 0.5) is 17.6 Å². The van der Waals surface area contributed by atoms with Crippen LogP contribution >= 0.6 is 0 Å². The second-order valence-electron chi connectivity index (χ2n) is 11.0. The summed E-state index contributed by atoms with van der Waals surface area (Å²) < 4.78 is 53.7. The largest absolute Gasteiger partial charge is 0.419 e. The fourth-order valence-electron chi connectivity index (χ4n) is 7.21. The van der Waals surface area contributed by atoms with Gasteiger partial charge in [-0.25, -0.2) is 4.39 Å². The summed E-state index contributed by atoms with van der Waals surface area (Å²) in [6, 6.07) is 2.50. The first kappa shape index (κ1) is 24.1. The molecule has 4 heteroatoms. The van der Waals surface area contributed by atoms with Crippen LogP contribution in [0.1, 0.15) is 107 Å². The number of alkyl halides is 3. The minimum Gasteiger partial charge on any atom is -0.206 e. The molecule has 0 spiro atoms. The molecule has 0 radical (unpaired) electrons. The van der Waals surface area contributed by atoms with Gasteiger partial charge in [0.05, 0.1) is 5.56 Å². The summed E-state index contributed by atoms with van der Waals surface area (Å²) in [6.45, 7) is 2.27. The summed E-state index contributed by atoms with van der Waals surface area (Å²) in [5, 5.41) is 0. The van der Waals surface area contributed by atoms with E-state index in [0.717, 1.165) is 42.2 Å². The van der Waals surface area contributed by atoms with E-state index >= 15 is 0 Å². The minimum absolute atomic E-state index is 0.323. The fraction of sp³-hybridized carbons (Fsp3) is 0.786. The molecule has 0 saturated heterocycles. The second kappa shape index (κ2) is 10.5. The van der Waals surface area contributed by atoms with Crippen LogP contribution in [-0.4, -0.2) is 0 Å². The number of rotatable bonds is 7. The lowest BCUT2D eigenvalue weighted by molar-refractivity contribution is -0.140. The highest BCUT2D eigenvalue weighted by Crippen LogP contribution is 2.49. The third-order valence-corrected chi connectivity index (χ3v) is 9.04. The van der Waals surface area contributed by atoms with Crippen LogP contribution in [-0.2, 0) is 19.0 Å². The highest BCUT2D eigenvalue weighted by Gasteiger charge is 2.40. The standard InChI is InChI=1S/C28H40F4/c1-2-3-4-5-6-7-19-8-9-21-17-22(11-10-20(21)16-19)23-12-14-25-24(18-23)13-15-26(27(25)29)28(30,31)32/h13,15,19-23H,2-12,14,16-18H2,1H3. The Bertz CT molecular complexity index is 753. The van der Waals surface area contributed by atoms with Gasteiger partial charge in [-0.15, -0.1) is 0 Å². The molecule has 0 amide bonds. The molecule has 5 unspecified atom stereocenters. The minimum atomic E-state index is -4.61. The average Bonchev–Trinajstić information content (AvgIpc) is 2.77. The van der Waals surface area contributed by atoms with E-state index in [1.165, 1.54) is 77.0 Å². The molecule has 0 heterocycles. The number of benzene rings is 1. The Kier molecular flexibility index (Phi) is 7.88. The lowest BCUT2D eigenvalue weighted by Gasteiger charge is -2.45. The quantitative estimate of drug-likeness (QED) is 0.286. The maximum atomic E-state index is 14.5. The van der Waals surface area contributed by atoms with Gasteiger partial charge in [0.2, 0.25) is 0 Å². The Morgan fingerprint density at radius 2 is 1.50 bits per heavy atom. The van der Waals surface area contributed by atoms with E-state index < -0.39 is 17.6 Å². The first-order valence-electron chi connectivity index (χ1n) is 13.2. The van der Waals surface area contributed by atoms with Gasteiger partial charge in [-0.05, 0) is 98.1 Å². The van der Waals surface area contributed by atoms with E-state index in [9.17, 15) is 17.6 Å². The van der Waals surface area contributed by atoms with Gasteiger partial charge in [-0.1, -0.05) is 57.9 Å². The van der Waals surface area contributed by atoms with Gasteiger partial charge >= 0.3 is 6.18 Å². The molecule has 0 bridgehead atoms. The van der Waals surface area contributed by atoms with Crippen molar-refractivity contribution in [2.24, 2.45) is 29.6 Å². The topological polar surface area (TPSA) is 0 Å². The van der Waals surface area contributed by atoms with E-state index in [2.05, 4.69) is 6.92 Å². The van der Waals surface area contributed by atoms with Crippen molar-refractivity contribution in [1.29, 1.82) is 0 Å². The van der Waals surface area contributed by atoms with E-state index in [0.29, 0.717) is 23.8 Å². The van der Waals surface area contributed by atoms with E-state index in [4.69, 9.17) is 0 Å². The smallest absolute Gasteiger partial charge is 0.206 e. The molecule has 2 saturated carbocycles. The summed E-state index contributed by atoms with van der Waals surface area (Å²) in [4.78, 5) is 0. The van der Waals surface area contributed by atoms with Crippen molar-refractivity contribution in [2.45, 2.75) is 109 Å². The Morgan fingerprint density at radius 1 is 0.812 bits per heavy atom. The zero-order valence-corrected chi connectivity index (χ0v) is 19.7. The van der Waals surface area contributed by atoms with Gasteiger partial charge in [-0.3, -0.25) is 0 Å². The van der Waals surface area contributed by atoms with Crippen molar-refractivity contribution < 1.29 is 17.6 Å². The van der Waals surface area contributed by atoms with Crippen LogP contribution in [0.25, 0.3) is 0 Å². The summed E-state index contributed by atoms with van der Waals surface area (Å²) in [5.41, 5.74) is 0.0437. The second-order valence-corrected chi connectivity index (χ2v) is 11.0. The molecule has 0 N–H and O–H groups in total. The molecule has 3 aliphatic carbocycles. The normalized spacial score (nSPS) is 30.6. The number of hydrogen-bond acceptors (Lipinski definition) is 0. The van der Waals surface area contributed by atoms with E-state index in [1.54, 1.807) is 6.07 Å². The van der Waals surface area contributed by atoms with E-state index in [1.807, 2.05) is 0 Å². The highest BCUT2D eigenvalue weighted by molar-refractivity contribution is 5.37. The molecule has 0 nitrogen and oxygen atoms in total. The zero-order chi connectivity index (χ0) is 22.7. The van der Waals surface area contributed by atoms with Gasteiger partial charge in [-0.2, -0.15) is 13.2 Å². The maximum absolute atomic E-state index is 14.5. The lowest BCUT2D eigenvalue weighted by Crippen LogP contribution is -2.35. The summed E-state index contributed by atoms with van der Waals surface area (Å²) in [5.74, 6) is 2.82. The Balaban J connectivity index is 1.29. The first-order chi connectivity index (χ1) is 15.4. The van der Waals surface area contributed by atoms with E-state index in [-0.39, 0.29) is 0 Å². The number of unbranched alkanes of at least 4 members (excludes halogenated alkanes) is 4. The van der Waals surface area contributed by atoms with Gasteiger partial charge in [0.1, 0.15) is 5.82 Å². The predicted molar refractivity (Wildman–Crippen MR) is 122 cm³/mol. The molecular weight excluding hydrogens is 412 g/mol. The number of halogens is 4. The summed E-state index contributed by atoms with van der Waals surface area (Å²) >= 11 is 0. The molecule has 5 atom stereocenters. The van der Waals surface area contributed by atoms with Gasteiger partial charge in [0, 0.05) is 0 Å². The van der Waals surface area contributed by atoms with Crippen LogP contribution in [0.3, 0.4) is 0 Å². The van der Waals surface area contributed by atoms with Crippen molar-refractivity contribution in [1.82, 2.24) is 0 Å². The van der Waals surface area contributed by atoms with Gasteiger partial charge in [0.25, 0.3) is 0 Å². The molecular formula is C28H40F4. The zero-order valence-electron chi connectivity index (χ0n) is 19.7. The molecule has 0 aromatic heterocycles. The third-order valence-electron chi connectivity index (χ3n) is 9.04. The van der Waals surface area contributed by atoms with Crippen molar-refractivity contribution in [3.63, 3.8) is 0 Å². The Morgan fingerprint density at radius 3 is 2.25 bits per heavy atom. The molecule has 2 fully saturated rings. The third kappa shape index (κ3) is 5.53. The Hall–Kier alpha value is -1.06. The van der Waals surface area contributed by atoms with Crippen LogP contribution in [0, 0.1) is 35.4 Å². The van der Waals surface area contributed by atoms with Crippen molar-refractivity contribution in [3.05, 3.63) is 34.6 Å².